The van der Waals surface area contributed by atoms with Crippen molar-refractivity contribution in [1.82, 2.24) is 4.31 Å². The Labute approximate surface area is 173 Å². The average molecular weight is 439 g/mol. The van der Waals surface area contributed by atoms with Crippen LogP contribution in [0.25, 0.3) is 0 Å². The van der Waals surface area contributed by atoms with Crippen LogP contribution in [-0.4, -0.2) is 56.0 Å². The zero-order valence-corrected chi connectivity index (χ0v) is 17.1. The van der Waals surface area contributed by atoms with E-state index in [4.69, 9.17) is 11.6 Å². The second-order valence-corrected chi connectivity index (χ2v) is 8.93. The van der Waals surface area contributed by atoms with Crippen LogP contribution in [0.15, 0.2) is 42.5 Å². The summed E-state index contributed by atoms with van der Waals surface area (Å²) >= 11 is 6.04. The van der Waals surface area contributed by atoms with Crippen LogP contribution in [0.1, 0.15) is 10.4 Å². The van der Waals surface area contributed by atoms with E-state index in [2.05, 4.69) is 5.32 Å². The third kappa shape index (κ3) is 4.84. The summed E-state index contributed by atoms with van der Waals surface area (Å²) in [5.41, 5.74) is 1.22. The number of halogens is 1. The van der Waals surface area contributed by atoms with Crippen LogP contribution >= 0.6 is 11.6 Å². The van der Waals surface area contributed by atoms with E-state index in [-0.39, 0.29) is 16.3 Å². The molecule has 2 aromatic carbocycles. The maximum absolute atomic E-state index is 12.7. The van der Waals surface area contributed by atoms with Crippen LogP contribution in [0, 0.1) is 10.1 Å². The highest BCUT2D eigenvalue weighted by atomic mass is 35.5. The van der Waals surface area contributed by atoms with Crippen molar-refractivity contribution in [3.63, 3.8) is 0 Å². The molecule has 1 aliphatic heterocycles. The van der Waals surface area contributed by atoms with Crippen LogP contribution < -0.4 is 10.2 Å². The number of non-ortho nitro benzene ring substituents is 1. The first-order valence-corrected chi connectivity index (χ1v) is 10.9. The number of nitro benzene ring substituents is 1. The van der Waals surface area contributed by atoms with Crippen LogP contribution in [0.2, 0.25) is 5.02 Å². The predicted octanol–water partition coefficient (Wildman–Crippen LogP) is 2.58. The third-order valence-corrected chi connectivity index (χ3v) is 6.22. The lowest BCUT2D eigenvalue weighted by Crippen LogP contribution is -2.48. The molecule has 11 heteroatoms. The van der Waals surface area contributed by atoms with Gasteiger partial charge in [0.25, 0.3) is 11.6 Å². The standard InChI is InChI=1S/C18H19ClN4O5S/c1-29(27,28)22-10-8-21(9-11-22)17-5-3-2-4-16(17)20-18(24)14-7-6-13(23(25)26)12-15(14)19/h2-7,12H,8-11H2,1H3,(H,20,24). The number of carbonyl (C=O) groups excluding carboxylic acids is 1. The first-order valence-electron chi connectivity index (χ1n) is 8.71. The molecule has 0 saturated carbocycles. The monoisotopic (exact) mass is 438 g/mol. The maximum atomic E-state index is 12.7. The van der Waals surface area contributed by atoms with Crippen LogP contribution in [-0.2, 0) is 10.0 Å². The van der Waals surface area contributed by atoms with Crippen molar-refractivity contribution in [3.8, 4) is 0 Å². The number of carbonyl (C=O) groups is 1. The molecule has 1 saturated heterocycles. The predicted molar refractivity (Wildman–Crippen MR) is 111 cm³/mol. The van der Waals surface area contributed by atoms with Crippen LogP contribution in [0.3, 0.4) is 0 Å². The third-order valence-electron chi connectivity index (χ3n) is 4.61. The Kier molecular flexibility index (Phi) is 6.06. The van der Waals surface area contributed by atoms with E-state index in [1.165, 1.54) is 22.7 Å². The molecule has 2 aromatic rings. The molecule has 0 radical (unpaired) electrons. The second-order valence-electron chi connectivity index (χ2n) is 6.54. The molecule has 154 valence electrons. The van der Waals surface area contributed by atoms with Crippen molar-refractivity contribution >= 4 is 44.6 Å². The molecule has 3 rings (SSSR count). The van der Waals surface area contributed by atoms with E-state index in [9.17, 15) is 23.3 Å². The van der Waals surface area contributed by atoms with Gasteiger partial charge in [-0.2, -0.15) is 4.31 Å². The van der Waals surface area contributed by atoms with Gasteiger partial charge in [-0.1, -0.05) is 23.7 Å². The Hall–Kier alpha value is -2.69. The molecule has 1 N–H and O–H groups in total. The molecule has 1 fully saturated rings. The fraction of sp³-hybridized carbons (Fsp3) is 0.278. The molecule has 0 aromatic heterocycles. The highest BCUT2D eigenvalue weighted by Gasteiger charge is 2.25. The molecule has 0 unspecified atom stereocenters. The van der Waals surface area contributed by atoms with Crippen molar-refractivity contribution in [2.75, 3.05) is 42.7 Å². The first kappa shape index (κ1) is 21.0. The highest BCUT2D eigenvalue weighted by molar-refractivity contribution is 7.88. The largest absolute Gasteiger partial charge is 0.367 e. The van der Waals surface area contributed by atoms with Crippen molar-refractivity contribution < 1.29 is 18.1 Å². The molecule has 0 spiro atoms. The molecular formula is C18H19ClN4O5S. The molecule has 1 aliphatic rings. The van der Waals surface area contributed by atoms with Gasteiger partial charge in [-0.3, -0.25) is 14.9 Å². The lowest BCUT2D eigenvalue weighted by Gasteiger charge is -2.35. The zero-order chi connectivity index (χ0) is 21.2. The number of piperazine rings is 1. The smallest absolute Gasteiger partial charge is 0.270 e. The Balaban J connectivity index is 1.78. The van der Waals surface area contributed by atoms with Crippen LogP contribution in [0.4, 0.5) is 17.1 Å². The molecule has 29 heavy (non-hydrogen) atoms. The van der Waals surface area contributed by atoms with E-state index in [1.54, 1.807) is 12.1 Å². The Morgan fingerprint density at radius 2 is 1.79 bits per heavy atom. The summed E-state index contributed by atoms with van der Waals surface area (Å²) in [6.07, 6.45) is 1.19. The number of hydrogen-bond acceptors (Lipinski definition) is 6. The summed E-state index contributed by atoms with van der Waals surface area (Å²) in [5, 5.41) is 13.6. The molecule has 1 amide bonds. The maximum Gasteiger partial charge on any atom is 0.270 e. The van der Waals surface area contributed by atoms with Gasteiger partial charge in [-0.15, -0.1) is 0 Å². The van der Waals surface area contributed by atoms with Gasteiger partial charge in [0, 0.05) is 38.3 Å². The highest BCUT2D eigenvalue weighted by Crippen LogP contribution is 2.29. The minimum Gasteiger partial charge on any atom is -0.367 e. The normalized spacial score (nSPS) is 15.2. The number of nitrogens with zero attached hydrogens (tertiary/aromatic N) is 3. The second kappa shape index (κ2) is 8.36. The number of benzene rings is 2. The minimum absolute atomic E-state index is 0.0176. The quantitative estimate of drug-likeness (QED) is 0.567. The summed E-state index contributed by atoms with van der Waals surface area (Å²) in [7, 11) is -3.24. The number of sulfonamides is 1. The fourth-order valence-corrected chi connectivity index (χ4v) is 4.19. The van der Waals surface area contributed by atoms with Gasteiger partial charge < -0.3 is 10.2 Å². The number of para-hydroxylation sites is 2. The number of amides is 1. The average Bonchev–Trinajstić information content (AvgIpc) is 2.67. The van der Waals surface area contributed by atoms with Gasteiger partial charge in [0.2, 0.25) is 10.0 Å². The number of nitrogens with one attached hydrogen (secondary N) is 1. The molecule has 0 atom stereocenters. The summed E-state index contributed by atoms with van der Waals surface area (Å²) in [5.74, 6) is -0.493. The van der Waals surface area contributed by atoms with E-state index in [0.29, 0.717) is 31.9 Å². The van der Waals surface area contributed by atoms with E-state index >= 15 is 0 Å². The Morgan fingerprint density at radius 3 is 2.38 bits per heavy atom. The van der Waals surface area contributed by atoms with Crippen LogP contribution in [0.5, 0.6) is 0 Å². The summed E-state index contributed by atoms with van der Waals surface area (Å²) in [6, 6.07) is 10.8. The fourth-order valence-electron chi connectivity index (χ4n) is 3.11. The van der Waals surface area contributed by atoms with Crippen molar-refractivity contribution in [2.45, 2.75) is 0 Å². The minimum atomic E-state index is -3.24. The first-order chi connectivity index (χ1) is 13.7. The van der Waals surface area contributed by atoms with Gasteiger partial charge >= 0.3 is 0 Å². The summed E-state index contributed by atoms with van der Waals surface area (Å²) < 4.78 is 24.8. The molecule has 0 bridgehead atoms. The van der Waals surface area contributed by atoms with Gasteiger partial charge in [-0.05, 0) is 18.2 Å². The van der Waals surface area contributed by atoms with Crippen molar-refractivity contribution in [2.24, 2.45) is 0 Å². The number of nitro groups is 1. The zero-order valence-electron chi connectivity index (χ0n) is 15.5. The van der Waals surface area contributed by atoms with E-state index in [0.717, 1.165) is 11.8 Å². The molecule has 1 heterocycles. The lowest BCUT2D eigenvalue weighted by molar-refractivity contribution is -0.384. The van der Waals surface area contributed by atoms with Gasteiger partial charge in [0.1, 0.15) is 0 Å². The summed E-state index contributed by atoms with van der Waals surface area (Å²) in [4.78, 5) is 24.9. The lowest BCUT2D eigenvalue weighted by atomic mass is 10.1. The van der Waals surface area contributed by atoms with Gasteiger partial charge in [0.05, 0.1) is 33.1 Å². The van der Waals surface area contributed by atoms with Gasteiger partial charge in [0.15, 0.2) is 0 Å². The Bertz CT molecular complexity index is 1050. The SMILES string of the molecule is CS(=O)(=O)N1CCN(c2ccccc2NC(=O)c2ccc([N+](=O)[O-])cc2Cl)CC1. The van der Waals surface area contributed by atoms with E-state index < -0.39 is 20.9 Å². The number of rotatable bonds is 5. The topological polar surface area (TPSA) is 113 Å². The number of anilines is 2. The Morgan fingerprint density at radius 1 is 1.14 bits per heavy atom. The summed E-state index contributed by atoms with van der Waals surface area (Å²) in [6.45, 7) is 1.68. The van der Waals surface area contributed by atoms with Crippen molar-refractivity contribution in [1.29, 1.82) is 0 Å². The van der Waals surface area contributed by atoms with E-state index in [1.807, 2.05) is 17.0 Å². The molecular weight excluding hydrogens is 420 g/mol. The molecule has 0 aliphatic carbocycles. The number of hydrogen-bond donors (Lipinski definition) is 1. The van der Waals surface area contributed by atoms with Gasteiger partial charge in [-0.25, -0.2) is 8.42 Å². The van der Waals surface area contributed by atoms with Crippen molar-refractivity contribution in [3.05, 3.63) is 63.2 Å². The molecule has 9 nitrogen and oxygen atoms in total.